The summed E-state index contributed by atoms with van der Waals surface area (Å²) in [5.74, 6) is -0.242. The molecule has 3 aromatic heterocycles. The number of nitrogens with zero attached hydrogens (tertiary/aromatic N) is 4. The summed E-state index contributed by atoms with van der Waals surface area (Å²) < 4.78 is 25.7. The van der Waals surface area contributed by atoms with E-state index in [0.29, 0.717) is 16.8 Å². The number of methoxy groups -OCH3 is 2. The summed E-state index contributed by atoms with van der Waals surface area (Å²) in [6.07, 6.45) is 1.37. The Morgan fingerprint density at radius 1 is 1.18 bits per heavy atom. The van der Waals surface area contributed by atoms with Crippen LogP contribution in [0.5, 0.6) is 11.8 Å². The maximum absolute atomic E-state index is 14.3. The molecule has 174 valence electrons. The molecule has 1 unspecified atom stereocenters. The number of anilines is 1. The predicted octanol–water partition coefficient (Wildman–Crippen LogP) is 1.99. The van der Waals surface area contributed by atoms with Crippen LogP contribution in [0.2, 0.25) is 0 Å². The number of nitrogens with one attached hydrogen (secondary N) is 3. The Labute approximate surface area is 192 Å². The molecular formula is C22H21FN8O3. The Bertz CT molecular complexity index is 1360. The van der Waals surface area contributed by atoms with Crippen molar-refractivity contribution in [2.45, 2.75) is 6.04 Å². The van der Waals surface area contributed by atoms with Crippen molar-refractivity contribution in [3.05, 3.63) is 88.0 Å². The number of hydrogen-bond acceptors (Lipinski definition) is 8. The number of benzene rings is 1. The lowest BCUT2D eigenvalue weighted by molar-refractivity contribution is 0.363. The molecule has 4 aromatic rings. The first-order chi connectivity index (χ1) is 16.4. The first-order valence-electron chi connectivity index (χ1n) is 10.0. The van der Waals surface area contributed by atoms with Crippen molar-refractivity contribution in [2.24, 2.45) is 5.73 Å². The summed E-state index contributed by atoms with van der Waals surface area (Å²) in [5, 5.41) is 15.1. The number of aromatic nitrogens is 5. The molecule has 1 atom stereocenters. The number of amidine groups is 1. The average Bonchev–Trinajstić information content (AvgIpc) is 3.23. The van der Waals surface area contributed by atoms with E-state index < -0.39 is 17.5 Å². The molecule has 11 nitrogen and oxygen atoms in total. The van der Waals surface area contributed by atoms with Crippen molar-refractivity contribution in [1.82, 2.24) is 24.7 Å². The quantitative estimate of drug-likeness (QED) is 0.228. The van der Waals surface area contributed by atoms with E-state index in [1.807, 2.05) is 0 Å². The molecule has 34 heavy (non-hydrogen) atoms. The molecule has 0 saturated carbocycles. The van der Waals surface area contributed by atoms with Gasteiger partial charge in [0.05, 0.1) is 14.2 Å². The van der Waals surface area contributed by atoms with Gasteiger partial charge in [0.15, 0.2) is 17.5 Å². The summed E-state index contributed by atoms with van der Waals surface area (Å²) in [5.41, 5.74) is 6.66. The molecule has 0 aliphatic rings. The number of halogens is 1. The zero-order valence-corrected chi connectivity index (χ0v) is 18.2. The fourth-order valence-electron chi connectivity index (χ4n) is 3.25. The lowest BCUT2D eigenvalue weighted by atomic mass is 10.1. The number of aromatic amines is 1. The van der Waals surface area contributed by atoms with Crippen LogP contribution in [0.1, 0.15) is 23.0 Å². The monoisotopic (exact) mass is 464 g/mol. The molecule has 4 rings (SSSR count). The van der Waals surface area contributed by atoms with Crippen molar-refractivity contribution in [3.8, 4) is 17.6 Å². The Morgan fingerprint density at radius 2 is 1.85 bits per heavy atom. The second-order valence-electron chi connectivity index (χ2n) is 7.09. The topological polar surface area (TPSA) is 157 Å². The van der Waals surface area contributed by atoms with Gasteiger partial charge in [-0.25, -0.2) is 14.2 Å². The molecule has 1 aromatic carbocycles. The predicted molar refractivity (Wildman–Crippen MR) is 122 cm³/mol. The summed E-state index contributed by atoms with van der Waals surface area (Å²) >= 11 is 0. The van der Waals surface area contributed by atoms with Crippen LogP contribution in [0.25, 0.3) is 5.82 Å². The summed E-state index contributed by atoms with van der Waals surface area (Å²) in [7, 11) is 2.93. The maximum Gasteiger partial charge on any atom is 0.349 e. The van der Waals surface area contributed by atoms with Gasteiger partial charge in [-0.2, -0.15) is 9.67 Å². The molecular weight excluding hydrogens is 443 g/mol. The van der Waals surface area contributed by atoms with E-state index in [1.165, 1.54) is 32.5 Å². The fourth-order valence-corrected chi connectivity index (χ4v) is 3.25. The van der Waals surface area contributed by atoms with Crippen LogP contribution >= 0.6 is 0 Å². The van der Waals surface area contributed by atoms with Crippen LogP contribution in [0.4, 0.5) is 10.1 Å². The van der Waals surface area contributed by atoms with Crippen LogP contribution < -0.4 is 26.2 Å². The Balaban J connectivity index is 1.82. The van der Waals surface area contributed by atoms with Crippen molar-refractivity contribution in [2.75, 3.05) is 19.5 Å². The van der Waals surface area contributed by atoms with Crippen molar-refractivity contribution < 1.29 is 13.9 Å². The molecule has 0 spiro atoms. The van der Waals surface area contributed by atoms with E-state index in [2.05, 4.69) is 25.4 Å². The van der Waals surface area contributed by atoms with Gasteiger partial charge in [-0.15, -0.1) is 5.10 Å². The van der Waals surface area contributed by atoms with Gasteiger partial charge in [-0.3, -0.25) is 10.4 Å². The van der Waals surface area contributed by atoms with Gasteiger partial charge in [0.25, 0.3) is 0 Å². The van der Waals surface area contributed by atoms with Crippen LogP contribution in [-0.2, 0) is 0 Å². The molecule has 0 amide bonds. The highest BCUT2D eigenvalue weighted by Gasteiger charge is 2.23. The van der Waals surface area contributed by atoms with Crippen LogP contribution in [0.3, 0.4) is 0 Å². The standard InChI is InChI=1S/C22H21FN8O3/c1-33-16-10-13(11-17(28-16)34-2)18(27-14-7-5-12(6-8-14)19(24)25)20-29-22(32)31(30-20)21-15(23)4-3-9-26-21/h3-11,18,27H,1-2H3,(H3,24,25)(H,29,30,32). The Morgan fingerprint density at radius 3 is 2.44 bits per heavy atom. The molecule has 3 heterocycles. The lowest BCUT2D eigenvalue weighted by Gasteiger charge is -2.19. The first kappa shape index (κ1) is 22.5. The van der Waals surface area contributed by atoms with E-state index in [0.717, 1.165) is 4.68 Å². The summed E-state index contributed by atoms with van der Waals surface area (Å²) in [6.45, 7) is 0. The number of H-pyrrole nitrogens is 1. The molecule has 0 saturated heterocycles. The maximum atomic E-state index is 14.3. The van der Waals surface area contributed by atoms with E-state index in [4.69, 9.17) is 20.6 Å². The Kier molecular flexibility index (Phi) is 6.21. The third-order valence-electron chi connectivity index (χ3n) is 4.91. The summed E-state index contributed by atoms with van der Waals surface area (Å²) in [6, 6.07) is 12.0. The van der Waals surface area contributed by atoms with E-state index in [-0.39, 0.29) is 29.2 Å². The van der Waals surface area contributed by atoms with Gasteiger partial charge in [0, 0.05) is 29.6 Å². The number of nitrogen functional groups attached to an aromatic ring is 1. The number of hydrogen-bond donors (Lipinski definition) is 4. The van der Waals surface area contributed by atoms with Gasteiger partial charge < -0.3 is 20.5 Å². The average molecular weight is 464 g/mol. The minimum Gasteiger partial charge on any atom is -0.481 e. The Hall–Kier alpha value is -4.74. The van der Waals surface area contributed by atoms with E-state index in [9.17, 15) is 9.18 Å². The smallest absolute Gasteiger partial charge is 0.349 e. The highest BCUT2D eigenvalue weighted by atomic mass is 19.1. The van der Waals surface area contributed by atoms with Crippen molar-refractivity contribution in [3.63, 3.8) is 0 Å². The lowest BCUT2D eigenvalue weighted by Crippen LogP contribution is -2.18. The zero-order chi connectivity index (χ0) is 24.2. The van der Waals surface area contributed by atoms with E-state index in [1.54, 1.807) is 36.4 Å². The SMILES string of the molecule is COc1cc(C(Nc2ccc(C(=N)N)cc2)c2nn(-c3ncccc3F)c(=O)[nH]2)cc(OC)n1. The van der Waals surface area contributed by atoms with Gasteiger partial charge in [-0.05, 0) is 42.0 Å². The molecule has 0 bridgehead atoms. The van der Waals surface area contributed by atoms with Gasteiger partial charge in [0.1, 0.15) is 11.9 Å². The number of pyridine rings is 2. The molecule has 12 heteroatoms. The molecule has 0 fully saturated rings. The first-order valence-corrected chi connectivity index (χ1v) is 10.0. The molecule has 0 aliphatic heterocycles. The largest absolute Gasteiger partial charge is 0.481 e. The minimum absolute atomic E-state index is 0.0628. The van der Waals surface area contributed by atoms with Crippen LogP contribution in [-0.4, -0.2) is 44.8 Å². The zero-order valence-electron chi connectivity index (χ0n) is 18.2. The number of nitrogens with two attached hydrogens (primary N) is 1. The summed E-state index contributed by atoms with van der Waals surface area (Å²) in [4.78, 5) is 23.4. The number of ether oxygens (including phenoxy) is 2. The van der Waals surface area contributed by atoms with Gasteiger partial charge in [0.2, 0.25) is 11.8 Å². The van der Waals surface area contributed by atoms with Crippen LogP contribution in [0, 0.1) is 11.2 Å². The number of rotatable bonds is 8. The van der Waals surface area contributed by atoms with Crippen molar-refractivity contribution in [1.29, 1.82) is 5.41 Å². The highest BCUT2D eigenvalue weighted by molar-refractivity contribution is 5.95. The third-order valence-corrected chi connectivity index (χ3v) is 4.91. The molecule has 0 aliphatic carbocycles. The van der Waals surface area contributed by atoms with Crippen molar-refractivity contribution >= 4 is 11.5 Å². The third kappa shape index (κ3) is 4.55. The minimum atomic E-state index is -0.727. The normalized spacial score (nSPS) is 11.6. The highest BCUT2D eigenvalue weighted by Crippen LogP contribution is 2.29. The second kappa shape index (κ2) is 9.40. The molecule has 5 N–H and O–H groups in total. The molecule has 0 radical (unpaired) electrons. The van der Waals surface area contributed by atoms with Gasteiger partial charge >= 0.3 is 5.69 Å². The van der Waals surface area contributed by atoms with Crippen LogP contribution in [0.15, 0.2) is 59.5 Å². The van der Waals surface area contributed by atoms with E-state index >= 15 is 0 Å². The fraction of sp³-hybridized carbons (Fsp3) is 0.136. The second-order valence-corrected chi connectivity index (χ2v) is 7.09. The van der Waals surface area contributed by atoms with Gasteiger partial charge in [-0.1, -0.05) is 0 Å².